The zero-order valence-corrected chi connectivity index (χ0v) is 16.3. The topological polar surface area (TPSA) is 61.7 Å². The van der Waals surface area contributed by atoms with Crippen LogP contribution in [0.15, 0.2) is 42.6 Å². The average molecular weight is 380 g/mol. The summed E-state index contributed by atoms with van der Waals surface area (Å²) in [6.45, 7) is 6.27. The Balaban J connectivity index is 1.58. The van der Waals surface area contributed by atoms with E-state index in [1.807, 2.05) is 18.2 Å². The van der Waals surface area contributed by atoms with Gasteiger partial charge in [-0.05, 0) is 42.3 Å². The second kappa shape index (κ2) is 7.46. The SMILES string of the molecule is COc1cc(C(=O)Nc2ccc3c(ccn3CC(C)C)c2)cc2c1OCCO2. The van der Waals surface area contributed by atoms with Crippen LogP contribution in [-0.4, -0.2) is 30.8 Å². The molecule has 1 aromatic heterocycles. The summed E-state index contributed by atoms with van der Waals surface area (Å²) in [5.74, 6) is 1.90. The largest absolute Gasteiger partial charge is 0.493 e. The quantitative estimate of drug-likeness (QED) is 0.716. The molecule has 0 aliphatic carbocycles. The number of anilines is 1. The second-order valence-electron chi connectivity index (χ2n) is 7.29. The van der Waals surface area contributed by atoms with Crippen LogP contribution in [0.3, 0.4) is 0 Å². The molecule has 1 aliphatic heterocycles. The summed E-state index contributed by atoms with van der Waals surface area (Å²) in [4.78, 5) is 12.8. The lowest BCUT2D eigenvalue weighted by atomic mass is 10.1. The van der Waals surface area contributed by atoms with Crippen LogP contribution >= 0.6 is 0 Å². The standard InChI is InChI=1S/C22H24N2O4/c1-14(2)13-24-7-6-15-10-17(4-5-18(15)24)23-22(25)16-11-19(26-3)21-20(12-16)27-8-9-28-21/h4-7,10-12,14H,8-9,13H2,1-3H3,(H,23,25). The molecular weight excluding hydrogens is 356 g/mol. The number of amides is 1. The minimum absolute atomic E-state index is 0.226. The Labute approximate surface area is 164 Å². The highest BCUT2D eigenvalue weighted by Crippen LogP contribution is 2.40. The predicted molar refractivity (Wildman–Crippen MR) is 109 cm³/mol. The molecule has 0 fully saturated rings. The lowest BCUT2D eigenvalue weighted by Gasteiger charge is -2.21. The number of ether oxygens (including phenoxy) is 3. The van der Waals surface area contributed by atoms with Gasteiger partial charge in [-0.1, -0.05) is 13.8 Å². The first-order valence-electron chi connectivity index (χ1n) is 9.43. The van der Waals surface area contributed by atoms with E-state index in [0.29, 0.717) is 41.9 Å². The summed E-state index contributed by atoms with van der Waals surface area (Å²) in [7, 11) is 1.55. The third-order valence-corrected chi connectivity index (χ3v) is 4.68. The number of hydrogen-bond donors (Lipinski definition) is 1. The fraction of sp³-hybridized carbons (Fsp3) is 0.318. The Morgan fingerprint density at radius 3 is 2.79 bits per heavy atom. The van der Waals surface area contributed by atoms with E-state index in [0.717, 1.165) is 23.1 Å². The van der Waals surface area contributed by atoms with Gasteiger partial charge in [0, 0.05) is 34.9 Å². The number of carbonyl (C=O) groups is 1. The van der Waals surface area contributed by atoms with E-state index in [9.17, 15) is 4.79 Å². The molecule has 1 N–H and O–H groups in total. The van der Waals surface area contributed by atoms with Gasteiger partial charge >= 0.3 is 0 Å². The van der Waals surface area contributed by atoms with Crippen LogP contribution in [0.4, 0.5) is 5.69 Å². The van der Waals surface area contributed by atoms with Gasteiger partial charge < -0.3 is 24.1 Å². The van der Waals surface area contributed by atoms with Crippen LogP contribution in [-0.2, 0) is 6.54 Å². The third-order valence-electron chi connectivity index (χ3n) is 4.68. The Morgan fingerprint density at radius 1 is 1.18 bits per heavy atom. The maximum atomic E-state index is 12.8. The van der Waals surface area contributed by atoms with Gasteiger partial charge in [0.2, 0.25) is 5.75 Å². The molecule has 4 rings (SSSR count). The first-order valence-corrected chi connectivity index (χ1v) is 9.43. The third kappa shape index (κ3) is 3.50. The molecule has 2 heterocycles. The van der Waals surface area contributed by atoms with Crippen LogP contribution in [0, 0.1) is 5.92 Å². The minimum atomic E-state index is -0.226. The van der Waals surface area contributed by atoms with Gasteiger partial charge in [-0.15, -0.1) is 0 Å². The summed E-state index contributed by atoms with van der Waals surface area (Å²) in [6.07, 6.45) is 2.09. The highest BCUT2D eigenvalue weighted by atomic mass is 16.6. The Hall–Kier alpha value is -3.15. The van der Waals surface area contributed by atoms with E-state index in [1.54, 1.807) is 19.2 Å². The van der Waals surface area contributed by atoms with Crippen LogP contribution in [0.2, 0.25) is 0 Å². The van der Waals surface area contributed by atoms with Crippen LogP contribution in [0.25, 0.3) is 10.9 Å². The number of methoxy groups -OCH3 is 1. The molecule has 1 amide bonds. The molecule has 0 saturated heterocycles. The summed E-state index contributed by atoms with van der Waals surface area (Å²) in [6, 6.07) is 11.4. The van der Waals surface area contributed by atoms with Crippen molar-refractivity contribution in [3.63, 3.8) is 0 Å². The number of carbonyl (C=O) groups excluding carboxylic acids is 1. The molecule has 0 atom stereocenters. The van der Waals surface area contributed by atoms with E-state index < -0.39 is 0 Å². The Morgan fingerprint density at radius 2 is 2.00 bits per heavy atom. The lowest BCUT2D eigenvalue weighted by molar-refractivity contribution is 0.102. The summed E-state index contributed by atoms with van der Waals surface area (Å²) in [5, 5.41) is 4.05. The molecule has 0 spiro atoms. The van der Waals surface area contributed by atoms with E-state index in [1.165, 1.54) is 0 Å². The van der Waals surface area contributed by atoms with E-state index in [4.69, 9.17) is 14.2 Å². The van der Waals surface area contributed by atoms with Gasteiger partial charge in [-0.3, -0.25) is 4.79 Å². The first kappa shape index (κ1) is 18.2. The Kier molecular flexibility index (Phi) is 4.86. The van der Waals surface area contributed by atoms with Gasteiger partial charge in [-0.25, -0.2) is 0 Å². The number of nitrogens with one attached hydrogen (secondary N) is 1. The van der Waals surface area contributed by atoms with Crippen molar-refractivity contribution in [3.8, 4) is 17.2 Å². The molecule has 0 radical (unpaired) electrons. The van der Waals surface area contributed by atoms with E-state index in [-0.39, 0.29) is 5.91 Å². The van der Waals surface area contributed by atoms with Crippen molar-refractivity contribution in [3.05, 3.63) is 48.2 Å². The van der Waals surface area contributed by atoms with Crippen molar-refractivity contribution in [2.75, 3.05) is 25.6 Å². The van der Waals surface area contributed by atoms with Crippen molar-refractivity contribution in [1.29, 1.82) is 0 Å². The zero-order chi connectivity index (χ0) is 19.7. The number of nitrogens with zero attached hydrogens (tertiary/aromatic N) is 1. The number of fused-ring (bicyclic) bond motifs is 2. The molecule has 3 aromatic rings. The van der Waals surface area contributed by atoms with Gasteiger partial charge in [0.1, 0.15) is 13.2 Å². The highest BCUT2D eigenvalue weighted by molar-refractivity contribution is 6.06. The number of benzene rings is 2. The molecule has 0 unspecified atom stereocenters. The zero-order valence-electron chi connectivity index (χ0n) is 16.3. The molecule has 0 bridgehead atoms. The van der Waals surface area contributed by atoms with Gasteiger partial charge in [-0.2, -0.15) is 0 Å². The monoisotopic (exact) mass is 380 g/mol. The molecule has 0 saturated carbocycles. The highest BCUT2D eigenvalue weighted by Gasteiger charge is 2.21. The van der Waals surface area contributed by atoms with Crippen molar-refractivity contribution in [2.24, 2.45) is 5.92 Å². The smallest absolute Gasteiger partial charge is 0.255 e. The van der Waals surface area contributed by atoms with Crippen LogP contribution in [0.1, 0.15) is 24.2 Å². The van der Waals surface area contributed by atoms with Crippen molar-refractivity contribution in [1.82, 2.24) is 4.57 Å². The molecule has 6 nitrogen and oxygen atoms in total. The minimum Gasteiger partial charge on any atom is -0.493 e. The molecule has 2 aromatic carbocycles. The fourth-order valence-electron chi connectivity index (χ4n) is 3.44. The Bertz CT molecular complexity index is 1010. The number of rotatable bonds is 5. The van der Waals surface area contributed by atoms with Gasteiger partial charge in [0.15, 0.2) is 11.5 Å². The normalized spacial score (nSPS) is 13.0. The number of hydrogen-bond acceptors (Lipinski definition) is 4. The lowest BCUT2D eigenvalue weighted by Crippen LogP contribution is -2.18. The number of aromatic nitrogens is 1. The summed E-state index contributed by atoms with van der Waals surface area (Å²) < 4.78 is 18.8. The molecule has 6 heteroatoms. The predicted octanol–water partition coefficient (Wildman–Crippen LogP) is 4.33. The average Bonchev–Trinajstić information content (AvgIpc) is 3.08. The van der Waals surface area contributed by atoms with Crippen LogP contribution in [0.5, 0.6) is 17.2 Å². The van der Waals surface area contributed by atoms with Crippen molar-refractivity contribution < 1.29 is 19.0 Å². The first-order chi connectivity index (χ1) is 13.5. The molecular formula is C22H24N2O4. The van der Waals surface area contributed by atoms with Crippen molar-refractivity contribution >= 4 is 22.5 Å². The summed E-state index contributed by atoms with van der Waals surface area (Å²) in [5.41, 5.74) is 2.36. The maximum Gasteiger partial charge on any atom is 0.255 e. The fourth-order valence-corrected chi connectivity index (χ4v) is 3.44. The van der Waals surface area contributed by atoms with E-state index in [2.05, 4.69) is 36.0 Å². The molecule has 146 valence electrons. The molecule has 28 heavy (non-hydrogen) atoms. The maximum absolute atomic E-state index is 12.8. The second-order valence-corrected chi connectivity index (χ2v) is 7.29. The summed E-state index contributed by atoms with van der Waals surface area (Å²) >= 11 is 0. The molecule has 1 aliphatic rings. The van der Waals surface area contributed by atoms with Gasteiger partial charge in [0.05, 0.1) is 7.11 Å². The van der Waals surface area contributed by atoms with Crippen molar-refractivity contribution in [2.45, 2.75) is 20.4 Å². The van der Waals surface area contributed by atoms with Gasteiger partial charge in [0.25, 0.3) is 5.91 Å². The van der Waals surface area contributed by atoms with E-state index >= 15 is 0 Å². The van der Waals surface area contributed by atoms with Crippen LogP contribution < -0.4 is 19.5 Å².